The molecule has 0 saturated carbocycles. The van der Waals surface area contributed by atoms with E-state index in [-0.39, 0.29) is 5.91 Å². The number of hydrogen-bond donors (Lipinski definition) is 1. The van der Waals surface area contributed by atoms with Crippen LogP contribution >= 0.6 is 43.5 Å². The molecule has 27 heavy (non-hydrogen) atoms. The summed E-state index contributed by atoms with van der Waals surface area (Å²) in [7, 11) is 1.54. The van der Waals surface area contributed by atoms with E-state index in [4.69, 9.17) is 16.3 Å². The van der Waals surface area contributed by atoms with E-state index in [1.807, 2.05) is 18.2 Å². The van der Waals surface area contributed by atoms with E-state index in [9.17, 15) is 4.79 Å². The van der Waals surface area contributed by atoms with Gasteiger partial charge in [0.2, 0.25) is 0 Å². The molecule has 0 radical (unpaired) electrons. The lowest BCUT2D eigenvalue weighted by atomic mass is 9.99. The maximum atomic E-state index is 12.7. The number of benzene rings is 2. The van der Waals surface area contributed by atoms with E-state index in [0.29, 0.717) is 26.5 Å². The van der Waals surface area contributed by atoms with Crippen LogP contribution in [-0.4, -0.2) is 26.1 Å². The van der Waals surface area contributed by atoms with Gasteiger partial charge in [0.1, 0.15) is 5.75 Å². The SMILES string of the molecule is COc1c(Br)cc(Br)cc1C(=O)Nc1ccc(N2CCC(C)CC2)c(Cl)c1. The summed E-state index contributed by atoms with van der Waals surface area (Å²) in [5.41, 5.74) is 2.10. The molecular weight excluding hydrogens is 495 g/mol. The summed E-state index contributed by atoms with van der Waals surface area (Å²) in [6, 6.07) is 9.22. The lowest BCUT2D eigenvalue weighted by Crippen LogP contribution is -2.32. The Kier molecular flexibility index (Phi) is 6.71. The van der Waals surface area contributed by atoms with Crippen molar-refractivity contribution in [2.24, 2.45) is 5.92 Å². The number of amides is 1. The van der Waals surface area contributed by atoms with E-state index < -0.39 is 0 Å². The zero-order valence-electron chi connectivity index (χ0n) is 15.2. The van der Waals surface area contributed by atoms with Crippen LogP contribution in [0.1, 0.15) is 30.1 Å². The zero-order chi connectivity index (χ0) is 19.6. The maximum Gasteiger partial charge on any atom is 0.259 e. The molecule has 2 aromatic rings. The largest absolute Gasteiger partial charge is 0.495 e. The highest BCUT2D eigenvalue weighted by Gasteiger charge is 2.20. The molecule has 1 aliphatic heterocycles. The normalized spacial score (nSPS) is 14.9. The molecule has 0 aromatic heterocycles. The Morgan fingerprint density at radius 3 is 2.56 bits per heavy atom. The van der Waals surface area contributed by atoms with Gasteiger partial charge in [-0.1, -0.05) is 34.5 Å². The van der Waals surface area contributed by atoms with Crippen LogP contribution in [0.15, 0.2) is 39.3 Å². The van der Waals surface area contributed by atoms with Gasteiger partial charge >= 0.3 is 0 Å². The molecule has 1 saturated heterocycles. The fraction of sp³-hybridized carbons (Fsp3) is 0.350. The number of carbonyl (C=O) groups is 1. The number of carbonyl (C=O) groups excluding carboxylic acids is 1. The van der Waals surface area contributed by atoms with Crippen LogP contribution in [0, 0.1) is 5.92 Å². The number of methoxy groups -OCH3 is 1. The molecule has 144 valence electrons. The van der Waals surface area contributed by atoms with Crippen molar-refractivity contribution in [1.29, 1.82) is 0 Å². The van der Waals surface area contributed by atoms with E-state index in [2.05, 4.69) is 49.0 Å². The monoisotopic (exact) mass is 514 g/mol. The first-order chi connectivity index (χ1) is 12.9. The number of hydrogen-bond acceptors (Lipinski definition) is 3. The molecule has 0 unspecified atom stereocenters. The number of anilines is 2. The van der Waals surface area contributed by atoms with Gasteiger partial charge in [0.05, 0.1) is 27.9 Å². The van der Waals surface area contributed by atoms with Gasteiger partial charge in [-0.2, -0.15) is 0 Å². The van der Waals surface area contributed by atoms with Crippen LogP contribution in [0.5, 0.6) is 5.75 Å². The van der Waals surface area contributed by atoms with Crippen LogP contribution < -0.4 is 15.0 Å². The van der Waals surface area contributed by atoms with Gasteiger partial charge in [-0.15, -0.1) is 0 Å². The van der Waals surface area contributed by atoms with Crippen molar-refractivity contribution in [3.05, 3.63) is 49.9 Å². The summed E-state index contributed by atoms with van der Waals surface area (Å²) in [5, 5.41) is 3.55. The van der Waals surface area contributed by atoms with Crippen LogP contribution in [0.3, 0.4) is 0 Å². The van der Waals surface area contributed by atoms with Gasteiger partial charge in [0.15, 0.2) is 0 Å². The molecular formula is C20H21Br2ClN2O2. The van der Waals surface area contributed by atoms with Crippen LogP contribution in [0.25, 0.3) is 0 Å². The van der Waals surface area contributed by atoms with Crippen molar-refractivity contribution in [2.75, 3.05) is 30.4 Å². The van der Waals surface area contributed by atoms with Gasteiger partial charge in [-0.25, -0.2) is 0 Å². The van der Waals surface area contributed by atoms with Gasteiger partial charge in [-0.05, 0) is 65.0 Å². The van der Waals surface area contributed by atoms with Crippen molar-refractivity contribution in [2.45, 2.75) is 19.8 Å². The Hall–Kier alpha value is -1.24. The molecule has 0 spiro atoms. The number of rotatable bonds is 4. The third kappa shape index (κ3) is 4.79. The number of piperidine rings is 1. The van der Waals surface area contributed by atoms with Crippen LogP contribution in [0.2, 0.25) is 5.02 Å². The van der Waals surface area contributed by atoms with Crippen molar-refractivity contribution < 1.29 is 9.53 Å². The summed E-state index contributed by atoms with van der Waals surface area (Å²) in [4.78, 5) is 15.1. The Morgan fingerprint density at radius 2 is 1.93 bits per heavy atom. The number of halogens is 3. The fourth-order valence-corrected chi connectivity index (χ4v) is 4.91. The molecule has 0 bridgehead atoms. The van der Waals surface area contributed by atoms with E-state index in [0.717, 1.165) is 29.2 Å². The summed E-state index contributed by atoms with van der Waals surface area (Å²) >= 11 is 13.3. The molecule has 1 heterocycles. The topological polar surface area (TPSA) is 41.6 Å². The molecule has 1 aliphatic rings. The minimum atomic E-state index is -0.260. The van der Waals surface area contributed by atoms with E-state index in [1.165, 1.54) is 20.0 Å². The van der Waals surface area contributed by atoms with Gasteiger partial charge in [0.25, 0.3) is 5.91 Å². The molecule has 3 rings (SSSR count). The Bertz CT molecular complexity index is 852. The summed E-state index contributed by atoms with van der Waals surface area (Å²) in [5.74, 6) is 0.989. The van der Waals surface area contributed by atoms with Crippen molar-refractivity contribution in [3.63, 3.8) is 0 Å². The van der Waals surface area contributed by atoms with Crippen molar-refractivity contribution in [3.8, 4) is 5.75 Å². The first-order valence-corrected chi connectivity index (χ1v) is 10.7. The Morgan fingerprint density at radius 1 is 1.22 bits per heavy atom. The first-order valence-electron chi connectivity index (χ1n) is 8.78. The number of nitrogens with one attached hydrogen (secondary N) is 1. The van der Waals surface area contributed by atoms with Crippen molar-refractivity contribution >= 4 is 60.7 Å². The summed E-state index contributed by atoms with van der Waals surface area (Å²) in [6.45, 7) is 4.30. The quantitative estimate of drug-likeness (QED) is 0.514. The molecule has 1 amide bonds. The van der Waals surface area contributed by atoms with Crippen molar-refractivity contribution in [1.82, 2.24) is 0 Å². The second-order valence-corrected chi connectivity index (χ2v) is 8.94. The predicted molar refractivity (Wildman–Crippen MR) is 118 cm³/mol. The van der Waals surface area contributed by atoms with Crippen LogP contribution in [0.4, 0.5) is 11.4 Å². The zero-order valence-corrected chi connectivity index (χ0v) is 19.1. The minimum Gasteiger partial charge on any atom is -0.495 e. The minimum absolute atomic E-state index is 0.260. The number of nitrogens with zero attached hydrogens (tertiary/aromatic N) is 1. The molecule has 0 atom stereocenters. The van der Waals surface area contributed by atoms with E-state index in [1.54, 1.807) is 12.1 Å². The van der Waals surface area contributed by atoms with Gasteiger partial charge in [0, 0.05) is 23.2 Å². The van der Waals surface area contributed by atoms with Gasteiger partial charge < -0.3 is 15.0 Å². The molecule has 2 aromatic carbocycles. The lowest BCUT2D eigenvalue weighted by molar-refractivity contribution is 0.102. The third-order valence-electron chi connectivity index (χ3n) is 4.79. The second kappa shape index (κ2) is 8.84. The molecule has 1 fully saturated rings. The number of ether oxygens (including phenoxy) is 1. The Balaban J connectivity index is 1.79. The second-order valence-electron chi connectivity index (χ2n) is 6.76. The third-order valence-corrected chi connectivity index (χ3v) is 6.14. The highest BCUT2D eigenvalue weighted by Crippen LogP contribution is 2.35. The van der Waals surface area contributed by atoms with E-state index >= 15 is 0 Å². The maximum absolute atomic E-state index is 12.7. The lowest BCUT2D eigenvalue weighted by Gasteiger charge is -2.32. The highest BCUT2D eigenvalue weighted by atomic mass is 79.9. The first kappa shape index (κ1) is 20.5. The fourth-order valence-electron chi connectivity index (χ4n) is 3.23. The standard InChI is InChI=1S/C20H21Br2ClN2O2/c1-12-5-7-25(8-6-12)18-4-3-14(11-17(18)23)24-20(26)15-9-13(21)10-16(22)19(15)27-2/h3-4,9-12H,5-8H2,1-2H3,(H,24,26). The summed E-state index contributed by atoms with van der Waals surface area (Å²) < 4.78 is 6.85. The smallest absolute Gasteiger partial charge is 0.259 e. The molecule has 0 aliphatic carbocycles. The Labute approximate surface area is 181 Å². The van der Waals surface area contributed by atoms with Crippen LogP contribution in [-0.2, 0) is 0 Å². The molecule has 4 nitrogen and oxygen atoms in total. The van der Waals surface area contributed by atoms with Gasteiger partial charge in [-0.3, -0.25) is 4.79 Å². The average molecular weight is 517 g/mol. The predicted octanol–water partition coefficient (Wildman–Crippen LogP) is 6.36. The highest BCUT2D eigenvalue weighted by molar-refractivity contribution is 9.11. The average Bonchev–Trinajstić information content (AvgIpc) is 2.62. The molecule has 7 heteroatoms. The summed E-state index contributed by atoms with van der Waals surface area (Å²) in [6.07, 6.45) is 2.35. The molecule has 1 N–H and O–H groups in total.